The molecule has 1 rings (SSSR count). The standard InChI is InChI=1S/C8H15N3O/c1-2-3-4-7(12)6-5-10-11-8(6)9/h5,7,12H,2-4H2,1H3,(H3,9,10,11). The summed E-state index contributed by atoms with van der Waals surface area (Å²) in [6, 6.07) is 0. The first-order valence-electron chi connectivity index (χ1n) is 4.22. The van der Waals surface area contributed by atoms with E-state index >= 15 is 0 Å². The zero-order valence-electron chi connectivity index (χ0n) is 7.25. The summed E-state index contributed by atoms with van der Waals surface area (Å²) in [7, 11) is 0. The number of rotatable bonds is 4. The molecular formula is C8H15N3O. The molecule has 1 heterocycles. The summed E-state index contributed by atoms with van der Waals surface area (Å²) in [5.74, 6) is 0.471. The second kappa shape index (κ2) is 4.11. The summed E-state index contributed by atoms with van der Waals surface area (Å²) in [5.41, 5.74) is 6.25. The highest BCUT2D eigenvalue weighted by Gasteiger charge is 2.11. The van der Waals surface area contributed by atoms with E-state index in [0.717, 1.165) is 19.3 Å². The molecule has 0 aliphatic heterocycles. The average molecular weight is 169 g/mol. The fourth-order valence-electron chi connectivity index (χ4n) is 1.12. The molecule has 4 nitrogen and oxygen atoms in total. The summed E-state index contributed by atoms with van der Waals surface area (Å²) in [5, 5.41) is 15.9. The molecule has 0 radical (unpaired) electrons. The Balaban J connectivity index is 2.52. The first-order valence-corrected chi connectivity index (χ1v) is 4.22. The molecule has 0 aromatic carbocycles. The number of aliphatic hydroxyl groups is 1. The van der Waals surface area contributed by atoms with Crippen molar-refractivity contribution < 1.29 is 5.11 Å². The Kier molecular flexibility index (Phi) is 3.10. The number of anilines is 1. The fraction of sp³-hybridized carbons (Fsp3) is 0.625. The molecule has 4 heteroatoms. The fourth-order valence-corrected chi connectivity index (χ4v) is 1.12. The first-order chi connectivity index (χ1) is 5.75. The number of aromatic nitrogens is 2. The Morgan fingerprint density at radius 2 is 2.50 bits per heavy atom. The quantitative estimate of drug-likeness (QED) is 0.634. The van der Waals surface area contributed by atoms with Crippen molar-refractivity contribution in [1.29, 1.82) is 0 Å². The largest absolute Gasteiger partial charge is 0.388 e. The SMILES string of the molecule is CCCCC(O)c1cn[nH]c1N. The number of nitrogens with one attached hydrogen (secondary N) is 1. The maximum absolute atomic E-state index is 9.58. The number of nitrogens with zero attached hydrogens (tertiary/aromatic N) is 1. The molecule has 0 saturated heterocycles. The predicted molar refractivity (Wildman–Crippen MR) is 47.5 cm³/mol. The number of nitrogen functional groups attached to an aromatic ring is 1. The number of unbranched alkanes of at least 4 members (excludes halogenated alkanes) is 1. The molecule has 1 atom stereocenters. The normalized spacial score (nSPS) is 13.2. The van der Waals surface area contributed by atoms with Crippen LogP contribution < -0.4 is 5.73 Å². The Bertz CT molecular complexity index is 234. The highest BCUT2D eigenvalue weighted by atomic mass is 16.3. The van der Waals surface area contributed by atoms with Crippen LogP contribution in [-0.2, 0) is 0 Å². The summed E-state index contributed by atoms with van der Waals surface area (Å²) in [6.07, 6.45) is 3.94. The van der Waals surface area contributed by atoms with E-state index in [1.165, 1.54) is 0 Å². The van der Waals surface area contributed by atoms with Crippen LogP contribution in [0.25, 0.3) is 0 Å². The van der Waals surface area contributed by atoms with E-state index < -0.39 is 6.10 Å². The van der Waals surface area contributed by atoms with E-state index in [1.807, 2.05) is 0 Å². The Morgan fingerprint density at radius 3 is 3.00 bits per heavy atom. The molecule has 0 aliphatic rings. The predicted octanol–water partition coefficient (Wildman–Crippen LogP) is 1.22. The molecule has 1 unspecified atom stereocenters. The second-order valence-corrected chi connectivity index (χ2v) is 2.90. The molecule has 0 spiro atoms. The van der Waals surface area contributed by atoms with Crippen molar-refractivity contribution in [3.8, 4) is 0 Å². The third kappa shape index (κ3) is 1.98. The van der Waals surface area contributed by atoms with Crippen LogP contribution in [0.15, 0.2) is 6.20 Å². The van der Waals surface area contributed by atoms with Gasteiger partial charge in [-0.15, -0.1) is 0 Å². The van der Waals surface area contributed by atoms with Crippen molar-refractivity contribution in [2.75, 3.05) is 5.73 Å². The van der Waals surface area contributed by atoms with Gasteiger partial charge in [0.15, 0.2) is 0 Å². The third-order valence-electron chi connectivity index (χ3n) is 1.89. The summed E-state index contributed by atoms with van der Waals surface area (Å²) in [4.78, 5) is 0. The van der Waals surface area contributed by atoms with E-state index in [-0.39, 0.29) is 0 Å². The van der Waals surface area contributed by atoms with Gasteiger partial charge in [-0.2, -0.15) is 5.10 Å². The second-order valence-electron chi connectivity index (χ2n) is 2.90. The van der Waals surface area contributed by atoms with E-state index in [0.29, 0.717) is 11.4 Å². The topological polar surface area (TPSA) is 74.9 Å². The maximum Gasteiger partial charge on any atom is 0.124 e. The lowest BCUT2D eigenvalue weighted by atomic mass is 10.1. The zero-order chi connectivity index (χ0) is 8.97. The van der Waals surface area contributed by atoms with E-state index in [9.17, 15) is 5.11 Å². The Labute approximate surface area is 71.8 Å². The van der Waals surface area contributed by atoms with Gasteiger partial charge in [-0.05, 0) is 6.42 Å². The summed E-state index contributed by atoms with van der Waals surface area (Å²) in [6.45, 7) is 2.09. The average Bonchev–Trinajstić information content (AvgIpc) is 2.47. The van der Waals surface area contributed by atoms with Crippen molar-refractivity contribution in [3.63, 3.8) is 0 Å². The lowest BCUT2D eigenvalue weighted by molar-refractivity contribution is 0.165. The molecule has 0 fully saturated rings. The summed E-state index contributed by atoms with van der Waals surface area (Å²) >= 11 is 0. The van der Waals surface area contributed by atoms with Crippen LogP contribution in [0.4, 0.5) is 5.82 Å². The van der Waals surface area contributed by atoms with E-state index in [1.54, 1.807) is 6.20 Å². The molecule has 0 amide bonds. The van der Waals surface area contributed by atoms with Crippen LogP contribution in [0.3, 0.4) is 0 Å². The van der Waals surface area contributed by atoms with E-state index in [2.05, 4.69) is 17.1 Å². The Hall–Kier alpha value is -1.03. The molecular weight excluding hydrogens is 154 g/mol. The number of hydrogen-bond acceptors (Lipinski definition) is 3. The van der Waals surface area contributed by atoms with Gasteiger partial charge in [-0.3, -0.25) is 5.10 Å². The minimum atomic E-state index is -0.469. The van der Waals surface area contributed by atoms with Crippen molar-refractivity contribution in [2.45, 2.75) is 32.3 Å². The minimum absolute atomic E-state index is 0.469. The molecule has 0 aliphatic carbocycles. The Morgan fingerprint density at radius 1 is 1.75 bits per heavy atom. The van der Waals surface area contributed by atoms with Gasteiger partial charge in [0.1, 0.15) is 5.82 Å². The molecule has 4 N–H and O–H groups in total. The van der Waals surface area contributed by atoms with Gasteiger partial charge in [0, 0.05) is 5.56 Å². The zero-order valence-corrected chi connectivity index (χ0v) is 7.25. The molecule has 0 bridgehead atoms. The summed E-state index contributed by atoms with van der Waals surface area (Å²) < 4.78 is 0. The highest BCUT2D eigenvalue weighted by molar-refractivity contribution is 5.38. The van der Waals surface area contributed by atoms with Crippen molar-refractivity contribution >= 4 is 5.82 Å². The van der Waals surface area contributed by atoms with Crippen LogP contribution in [-0.4, -0.2) is 15.3 Å². The number of H-pyrrole nitrogens is 1. The van der Waals surface area contributed by atoms with Crippen LogP contribution in [0.2, 0.25) is 0 Å². The molecule has 1 aromatic heterocycles. The lowest BCUT2D eigenvalue weighted by Crippen LogP contribution is -1.99. The molecule has 0 saturated carbocycles. The van der Waals surface area contributed by atoms with Crippen LogP contribution in [0.5, 0.6) is 0 Å². The lowest BCUT2D eigenvalue weighted by Gasteiger charge is -2.07. The van der Waals surface area contributed by atoms with Gasteiger partial charge in [0.05, 0.1) is 12.3 Å². The highest BCUT2D eigenvalue weighted by Crippen LogP contribution is 2.22. The van der Waals surface area contributed by atoms with Gasteiger partial charge in [0.25, 0.3) is 0 Å². The first kappa shape index (κ1) is 9.06. The van der Waals surface area contributed by atoms with Crippen molar-refractivity contribution in [3.05, 3.63) is 11.8 Å². The van der Waals surface area contributed by atoms with Crippen LogP contribution in [0, 0.1) is 0 Å². The van der Waals surface area contributed by atoms with Crippen molar-refractivity contribution in [1.82, 2.24) is 10.2 Å². The third-order valence-corrected chi connectivity index (χ3v) is 1.89. The van der Waals surface area contributed by atoms with Gasteiger partial charge >= 0.3 is 0 Å². The van der Waals surface area contributed by atoms with Gasteiger partial charge < -0.3 is 10.8 Å². The molecule has 68 valence electrons. The van der Waals surface area contributed by atoms with Gasteiger partial charge in [-0.25, -0.2) is 0 Å². The smallest absolute Gasteiger partial charge is 0.124 e. The van der Waals surface area contributed by atoms with Crippen LogP contribution >= 0.6 is 0 Å². The number of aliphatic hydroxyl groups excluding tert-OH is 1. The molecule has 12 heavy (non-hydrogen) atoms. The van der Waals surface area contributed by atoms with Crippen LogP contribution in [0.1, 0.15) is 37.9 Å². The van der Waals surface area contributed by atoms with Crippen molar-refractivity contribution in [2.24, 2.45) is 0 Å². The molecule has 1 aromatic rings. The van der Waals surface area contributed by atoms with E-state index in [4.69, 9.17) is 5.73 Å². The number of hydrogen-bond donors (Lipinski definition) is 3. The number of nitrogens with two attached hydrogens (primary N) is 1. The maximum atomic E-state index is 9.58. The van der Waals surface area contributed by atoms with Gasteiger partial charge in [0.2, 0.25) is 0 Å². The minimum Gasteiger partial charge on any atom is -0.388 e. The number of aromatic amines is 1. The van der Waals surface area contributed by atoms with Gasteiger partial charge in [-0.1, -0.05) is 19.8 Å². The monoisotopic (exact) mass is 169 g/mol.